The SMILES string of the molecule is Cc1cccc(C(=O)N/C(=C\c2cccs2)C(=O)NCCSCc2c(F)cccc2Cl)c1. The van der Waals surface area contributed by atoms with Gasteiger partial charge in [-0.3, -0.25) is 9.59 Å². The predicted molar refractivity (Wildman–Crippen MR) is 132 cm³/mol. The van der Waals surface area contributed by atoms with Gasteiger partial charge in [-0.15, -0.1) is 11.3 Å². The molecule has 0 radical (unpaired) electrons. The molecule has 3 aromatic rings. The van der Waals surface area contributed by atoms with Gasteiger partial charge < -0.3 is 10.6 Å². The van der Waals surface area contributed by atoms with Gasteiger partial charge in [0.25, 0.3) is 11.8 Å². The molecular formula is C24H22ClFN2O2S2. The molecule has 3 rings (SSSR count). The predicted octanol–water partition coefficient (Wildman–Crippen LogP) is 5.67. The van der Waals surface area contributed by atoms with Crippen LogP contribution >= 0.6 is 34.7 Å². The third kappa shape index (κ3) is 6.95. The molecule has 0 fully saturated rings. The largest absolute Gasteiger partial charge is 0.350 e. The second-order valence-electron chi connectivity index (χ2n) is 6.91. The van der Waals surface area contributed by atoms with E-state index in [4.69, 9.17) is 11.6 Å². The maximum absolute atomic E-state index is 13.8. The molecule has 2 aromatic carbocycles. The zero-order valence-corrected chi connectivity index (χ0v) is 19.8. The van der Waals surface area contributed by atoms with Gasteiger partial charge in [0.2, 0.25) is 0 Å². The number of carbonyl (C=O) groups excluding carboxylic acids is 2. The first-order valence-corrected chi connectivity index (χ1v) is 12.3. The topological polar surface area (TPSA) is 58.2 Å². The first kappa shape index (κ1) is 24.0. The molecule has 0 unspecified atom stereocenters. The van der Waals surface area contributed by atoms with Crippen LogP contribution in [0.5, 0.6) is 0 Å². The van der Waals surface area contributed by atoms with E-state index in [-0.39, 0.29) is 23.3 Å². The monoisotopic (exact) mass is 488 g/mol. The van der Waals surface area contributed by atoms with Crippen molar-refractivity contribution >= 4 is 52.6 Å². The summed E-state index contributed by atoms with van der Waals surface area (Å²) in [6.07, 6.45) is 1.65. The standard InChI is InChI=1S/C24H22ClFN2O2S2/c1-16-5-2-6-17(13-16)23(29)28-22(14-18-7-4-11-32-18)24(30)27-10-12-31-15-19-20(25)8-3-9-21(19)26/h2-9,11,13-14H,10,12,15H2,1H3,(H,27,30)(H,28,29)/b22-14-. The van der Waals surface area contributed by atoms with Gasteiger partial charge in [-0.1, -0.05) is 41.4 Å². The summed E-state index contributed by atoms with van der Waals surface area (Å²) in [5.74, 6) is -0.106. The Morgan fingerprint density at radius 2 is 1.97 bits per heavy atom. The van der Waals surface area contributed by atoms with Gasteiger partial charge in [-0.25, -0.2) is 4.39 Å². The number of hydrogen-bond donors (Lipinski definition) is 2. The van der Waals surface area contributed by atoms with E-state index in [0.29, 0.717) is 34.2 Å². The maximum atomic E-state index is 13.8. The summed E-state index contributed by atoms with van der Waals surface area (Å²) in [6, 6.07) is 15.5. The molecule has 0 aliphatic heterocycles. The third-order valence-corrected chi connectivity index (χ3v) is 6.60. The zero-order chi connectivity index (χ0) is 22.9. The van der Waals surface area contributed by atoms with Crippen molar-refractivity contribution in [1.29, 1.82) is 0 Å². The first-order valence-electron chi connectivity index (χ1n) is 9.86. The Balaban J connectivity index is 1.58. The van der Waals surface area contributed by atoms with Gasteiger partial charge in [0.05, 0.1) is 0 Å². The smallest absolute Gasteiger partial charge is 0.267 e. The van der Waals surface area contributed by atoms with Crippen LogP contribution in [0.15, 0.2) is 65.7 Å². The highest BCUT2D eigenvalue weighted by atomic mass is 35.5. The van der Waals surface area contributed by atoms with Crippen molar-refractivity contribution < 1.29 is 14.0 Å². The number of thioether (sulfide) groups is 1. The zero-order valence-electron chi connectivity index (χ0n) is 17.4. The molecule has 8 heteroatoms. The lowest BCUT2D eigenvalue weighted by Gasteiger charge is -2.11. The van der Waals surface area contributed by atoms with Crippen LogP contribution in [0.2, 0.25) is 5.02 Å². The van der Waals surface area contributed by atoms with Crippen LogP contribution in [-0.2, 0) is 10.5 Å². The third-order valence-electron chi connectivity index (χ3n) is 4.44. The molecular weight excluding hydrogens is 467 g/mol. The number of thiophene rings is 1. The molecule has 0 atom stereocenters. The second kappa shape index (κ2) is 11.9. The molecule has 4 nitrogen and oxygen atoms in total. The van der Waals surface area contributed by atoms with Crippen molar-refractivity contribution in [2.24, 2.45) is 0 Å². The molecule has 1 aromatic heterocycles. The van der Waals surface area contributed by atoms with Gasteiger partial charge in [-0.2, -0.15) is 11.8 Å². The Bertz CT molecular complexity index is 1100. The maximum Gasteiger partial charge on any atom is 0.267 e. The van der Waals surface area contributed by atoms with Crippen molar-refractivity contribution in [1.82, 2.24) is 10.6 Å². The van der Waals surface area contributed by atoms with Crippen molar-refractivity contribution in [3.8, 4) is 0 Å². The van der Waals surface area contributed by atoms with Crippen LogP contribution in [0.3, 0.4) is 0 Å². The van der Waals surface area contributed by atoms with E-state index in [0.717, 1.165) is 10.4 Å². The number of carbonyl (C=O) groups is 2. The second-order valence-corrected chi connectivity index (χ2v) is 9.40. The Hall–Kier alpha value is -2.61. The number of halogens is 2. The molecule has 32 heavy (non-hydrogen) atoms. The molecule has 2 N–H and O–H groups in total. The number of benzene rings is 2. The lowest BCUT2D eigenvalue weighted by atomic mass is 10.1. The molecule has 0 saturated heterocycles. The lowest BCUT2D eigenvalue weighted by Crippen LogP contribution is -2.35. The summed E-state index contributed by atoms with van der Waals surface area (Å²) in [5, 5.41) is 7.82. The van der Waals surface area contributed by atoms with Crippen LogP contribution in [0.25, 0.3) is 6.08 Å². The molecule has 0 aliphatic carbocycles. The first-order chi connectivity index (χ1) is 15.4. The summed E-state index contributed by atoms with van der Waals surface area (Å²) in [4.78, 5) is 26.3. The van der Waals surface area contributed by atoms with Crippen LogP contribution in [-0.4, -0.2) is 24.1 Å². The van der Waals surface area contributed by atoms with Crippen molar-refractivity contribution in [2.75, 3.05) is 12.3 Å². The molecule has 2 amide bonds. The fourth-order valence-corrected chi connectivity index (χ4v) is 4.69. The lowest BCUT2D eigenvalue weighted by molar-refractivity contribution is -0.117. The highest BCUT2D eigenvalue weighted by Gasteiger charge is 2.15. The van der Waals surface area contributed by atoms with Crippen molar-refractivity contribution in [2.45, 2.75) is 12.7 Å². The van der Waals surface area contributed by atoms with Crippen LogP contribution in [0.1, 0.15) is 26.4 Å². The van der Waals surface area contributed by atoms with Gasteiger partial charge in [0.1, 0.15) is 11.5 Å². The van der Waals surface area contributed by atoms with Crippen LogP contribution in [0.4, 0.5) is 4.39 Å². The minimum atomic E-state index is -0.385. The molecule has 0 saturated carbocycles. The summed E-state index contributed by atoms with van der Waals surface area (Å²) in [5.41, 5.74) is 2.06. The van der Waals surface area contributed by atoms with Gasteiger partial charge >= 0.3 is 0 Å². The van der Waals surface area contributed by atoms with Crippen molar-refractivity contribution in [3.05, 3.63) is 98.1 Å². The fourth-order valence-electron chi connectivity index (χ4n) is 2.83. The Morgan fingerprint density at radius 1 is 1.16 bits per heavy atom. The summed E-state index contributed by atoms with van der Waals surface area (Å²) in [7, 11) is 0. The Morgan fingerprint density at radius 3 is 2.69 bits per heavy atom. The van der Waals surface area contributed by atoms with Gasteiger partial charge in [0, 0.05) is 39.1 Å². The molecule has 0 aliphatic rings. The highest BCUT2D eigenvalue weighted by Crippen LogP contribution is 2.23. The van der Waals surface area contributed by atoms with E-state index in [2.05, 4.69) is 10.6 Å². The van der Waals surface area contributed by atoms with E-state index < -0.39 is 0 Å². The molecule has 1 heterocycles. The number of hydrogen-bond acceptors (Lipinski definition) is 4. The van der Waals surface area contributed by atoms with E-state index in [1.54, 1.807) is 36.4 Å². The summed E-state index contributed by atoms with van der Waals surface area (Å²) in [6.45, 7) is 2.26. The normalized spacial score (nSPS) is 11.3. The van der Waals surface area contributed by atoms with Crippen LogP contribution < -0.4 is 10.6 Å². The minimum Gasteiger partial charge on any atom is -0.350 e. The van der Waals surface area contributed by atoms with Crippen LogP contribution in [0, 0.1) is 12.7 Å². The van der Waals surface area contributed by atoms with E-state index in [1.807, 2.05) is 30.5 Å². The molecule has 0 spiro atoms. The number of nitrogens with one attached hydrogen (secondary N) is 2. The molecule has 0 bridgehead atoms. The van der Waals surface area contributed by atoms with Crippen molar-refractivity contribution in [3.63, 3.8) is 0 Å². The minimum absolute atomic E-state index is 0.168. The van der Waals surface area contributed by atoms with E-state index in [9.17, 15) is 14.0 Å². The highest BCUT2D eigenvalue weighted by molar-refractivity contribution is 7.98. The number of rotatable bonds is 9. The van der Waals surface area contributed by atoms with E-state index >= 15 is 0 Å². The van der Waals surface area contributed by atoms with Gasteiger partial charge in [-0.05, 0) is 48.7 Å². The number of aryl methyl sites for hydroxylation is 1. The number of amides is 2. The summed E-state index contributed by atoms with van der Waals surface area (Å²) >= 11 is 8.97. The Labute approximate surface area is 199 Å². The summed E-state index contributed by atoms with van der Waals surface area (Å²) < 4.78 is 13.8. The fraction of sp³-hybridized carbons (Fsp3) is 0.167. The average molecular weight is 489 g/mol. The average Bonchev–Trinajstić information content (AvgIpc) is 3.28. The Kier molecular flexibility index (Phi) is 8.90. The van der Waals surface area contributed by atoms with Gasteiger partial charge in [0.15, 0.2) is 0 Å². The quantitative estimate of drug-likeness (QED) is 0.301. The van der Waals surface area contributed by atoms with E-state index in [1.165, 1.54) is 29.2 Å². The molecule has 166 valence electrons.